The van der Waals surface area contributed by atoms with Crippen LogP contribution in [0.1, 0.15) is 11.1 Å². The van der Waals surface area contributed by atoms with Gasteiger partial charge >= 0.3 is 0 Å². The first-order chi connectivity index (χ1) is 12.3. The molecule has 0 aliphatic heterocycles. The Labute approximate surface area is 158 Å². The van der Waals surface area contributed by atoms with E-state index in [1.165, 1.54) is 19.2 Å². The van der Waals surface area contributed by atoms with E-state index in [0.717, 1.165) is 5.56 Å². The maximum Gasteiger partial charge on any atom is 0.241 e. The van der Waals surface area contributed by atoms with Crippen molar-refractivity contribution in [1.29, 1.82) is 0 Å². The Morgan fingerprint density at radius 3 is 2.46 bits per heavy atom. The summed E-state index contributed by atoms with van der Waals surface area (Å²) in [5.74, 6) is 0.205. The summed E-state index contributed by atoms with van der Waals surface area (Å²) in [4.78, 5) is 11.9. The molecule has 0 aromatic heterocycles. The molecular formula is C18H21ClN2O4S. The summed E-state index contributed by atoms with van der Waals surface area (Å²) in [7, 11) is -2.25. The van der Waals surface area contributed by atoms with Gasteiger partial charge in [0, 0.05) is 11.6 Å². The minimum Gasteiger partial charge on any atom is -0.496 e. The summed E-state index contributed by atoms with van der Waals surface area (Å²) in [6.45, 7) is 1.83. The number of benzene rings is 2. The molecule has 0 aliphatic rings. The van der Waals surface area contributed by atoms with E-state index in [1.807, 2.05) is 12.1 Å². The van der Waals surface area contributed by atoms with E-state index in [-0.39, 0.29) is 11.4 Å². The quantitative estimate of drug-likeness (QED) is 0.717. The molecular weight excluding hydrogens is 376 g/mol. The molecule has 0 unspecified atom stereocenters. The average molecular weight is 397 g/mol. The summed E-state index contributed by atoms with van der Waals surface area (Å²) < 4.78 is 32.0. The molecule has 0 fully saturated rings. The summed E-state index contributed by atoms with van der Waals surface area (Å²) in [6, 6.07) is 11.8. The van der Waals surface area contributed by atoms with Gasteiger partial charge in [-0.25, -0.2) is 13.1 Å². The van der Waals surface area contributed by atoms with Crippen LogP contribution in [0.3, 0.4) is 0 Å². The number of sulfonamides is 1. The first-order valence-electron chi connectivity index (χ1n) is 7.97. The van der Waals surface area contributed by atoms with Crippen molar-refractivity contribution >= 4 is 27.5 Å². The van der Waals surface area contributed by atoms with Crippen LogP contribution in [0.15, 0.2) is 47.4 Å². The third-order valence-corrected chi connectivity index (χ3v) is 5.40. The highest BCUT2D eigenvalue weighted by Crippen LogP contribution is 2.21. The fourth-order valence-electron chi connectivity index (χ4n) is 2.32. The van der Waals surface area contributed by atoms with Gasteiger partial charge in [0.2, 0.25) is 15.9 Å². The zero-order valence-electron chi connectivity index (χ0n) is 14.6. The summed E-state index contributed by atoms with van der Waals surface area (Å²) in [5.41, 5.74) is 1.73. The van der Waals surface area contributed by atoms with Crippen LogP contribution in [0.5, 0.6) is 5.75 Å². The monoisotopic (exact) mass is 396 g/mol. The molecule has 0 spiro atoms. The Morgan fingerprint density at radius 2 is 1.85 bits per heavy atom. The number of carbonyl (C=O) groups is 1. The van der Waals surface area contributed by atoms with Gasteiger partial charge in [0.1, 0.15) is 5.75 Å². The predicted octanol–water partition coefficient (Wildman–Crippen LogP) is 2.29. The van der Waals surface area contributed by atoms with Crippen molar-refractivity contribution in [3.63, 3.8) is 0 Å². The molecule has 0 radical (unpaired) electrons. The molecule has 0 aliphatic carbocycles. The number of amides is 1. The van der Waals surface area contributed by atoms with Crippen LogP contribution in [0.25, 0.3) is 0 Å². The van der Waals surface area contributed by atoms with Crippen molar-refractivity contribution in [2.24, 2.45) is 0 Å². The molecule has 0 saturated carbocycles. The van der Waals surface area contributed by atoms with Crippen LogP contribution < -0.4 is 14.8 Å². The normalized spacial score (nSPS) is 11.2. The predicted molar refractivity (Wildman–Crippen MR) is 101 cm³/mol. The molecule has 2 N–H and O–H groups in total. The molecule has 0 bridgehead atoms. The smallest absolute Gasteiger partial charge is 0.241 e. The van der Waals surface area contributed by atoms with Gasteiger partial charge in [0.05, 0.1) is 18.6 Å². The van der Waals surface area contributed by atoms with Gasteiger partial charge in [-0.15, -0.1) is 0 Å². The number of carbonyl (C=O) groups excluding carboxylic acids is 1. The largest absolute Gasteiger partial charge is 0.496 e. The third-order valence-electron chi connectivity index (χ3n) is 3.75. The van der Waals surface area contributed by atoms with Crippen molar-refractivity contribution in [3.8, 4) is 5.75 Å². The Bertz CT molecular complexity index is 867. The fraction of sp³-hybridized carbons (Fsp3) is 0.278. The fourth-order valence-corrected chi connectivity index (χ4v) is 3.51. The van der Waals surface area contributed by atoms with E-state index in [4.69, 9.17) is 16.3 Å². The van der Waals surface area contributed by atoms with Crippen LogP contribution in [-0.4, -0.2) is 34.5 Å². The highest BCUT2D eigenvalue weighted by atomic mass is 35.5. The molecule has 1 amide bonds. The Kier molecular flexibility index (Phi) is 7.02. The standard InChI is InChI=1S/C18H21ClN2O4S/c1-13-11-16(7-8-17(13)25-2)26(23,24)21-12-18(22)20-10-9-14-3-5-15(19)6-4-14/h3-8,11,21H,9-10,12H2,1-2H3,(H,20,22). The van der Waals surface area contributed by atoms with Crippen LogP contribution in [-0.2, 0) is 21.2 Å². The Morgan fingerprint density at radius 1 is 1.15 bits per heavy atom. The van der Waals surface area contributed by atoms with Gasteiger partial charge in [-0.1, -0.05) is 23.7 Å². The van der Waals surface area contributed by atoms with Crippen molar-refractivity contribution in [2.75, 3.05) is 20.2 Å². The van der Waals surface area contributed by atoms with Gasteiger partial charge in [-0.3, -0.25) is 4.79 Å². The van der Waals surface area contributed by atoms with E-state index in [0.29, 0.717) is 29.3 Å². The minimum absolute atomic E-state index is 0.0877. The highest BCUT2D eigenvalue weighted by Gasteiger charge is 2.16. The van der Waals surface area contributed by atoms with Crippen molar-refractivity contribution in [1.82, 2.24) is 10.0 Å². The van der Waals surface area contributed by atoms with Gasteiger partial charge in [-0.2, -0.15) is 0 Å². The molecule has 26 heavy (non-hydrogen) atoms. The number of hydrogen-bond acceptors (Lipinski definition) is 4. The van der Waals surface area contributed by atoms with Crippen LogP contribution >= 0.6 is 11.6 Å². The maximum absolute atomic E-state index is 12.3. The van der Waals surface area contributed by atoms with Crippen LogP contribution in [0, 0.1) is 6.92 Å². The van der Waals surface area contributed by atoms with E-state index >= 15 is 0 Å². The number of nitrogens with one attached hydrogen (secondary N) is 2. The first kappa shape index (κ1) is 20.2. The second kappa shape index (κ2) is 9.02. The van der Waals surface area contributed by atoms with E-state index in [2.05, 4.69) is 10.0 Å². The zero-order chi connectivity index (χ0) is 19.2. The Hall–Kier alpha value is -2.09. The lowest BCUT2D eigenvalue weighted by atomic mass is 10.1. The van der Waals surface area contributed by atoms with Gasteiger partial charge in [0.15, 0.2) is 0 Å². The molecule has 8 heteroatoms. The van der Waals surface area contributed by atoms with Crippen molar-refractivity contribution in [3.05, 3.63) is 58.6 Å². The van der Waals surface area contributed by atoms with E-state index < -0.39 is 15.9 Å². The SMILES string of the molecule is COc1ccc(S(=O)(=O)NCC(=O)NCCc2ccc(Cl)cc2)cc1C. The number of ether oxygens (including phenoxy) is 1. The lowest BCUT2D eigenvalue weighted by molar-refractivity contribution is -0.119. The Balaban J connectivity index is 1.83. The highest BCUT2D eigenvalue weighted by molar-refractivity contribution is 7.89. The number of aryl methyl sites for hydroxylation is 1. The molecule has 2 rings (SSSR count). The van der Waals surface area contributed by atoms with E-state index in [1.54, 1.807) is 25.1 Å². The van der Waals surface area contributed by atoms with Gasteiger partial charge in [-0.05, 0) is 54.8 Å². The number of methoxy groups -OCH3 is 1. The third kappa shape index (κ3) is 5.72. The molecule has 6 nitrogen and oxygen atoms in total. The second-order valence-electron chi connectivity index (χ2n) is 5.68. The molecule has 2 aromatic rings. The molecule has 2 aromatic carbocycles. The lowest BCUT2D eigenvalue weighted by Gasteiger charge is -2.10. The second-order valence-corrected chi connectivity index (χ2v) is 7.89. The lowest BCUT2D eigenvalue weighted by Crippen LogP contribution is -2.37. The van der Waals surface area contributed by atoms with Crippen molar-refractivity contribution in [2.45, 2.75) is 18.2 Å². The summed E-state index contributed by atoms with van der Waals surface area (Å²) >= 11 is 5.82. The van der Waals surface area contributed by atoms with Gasteiger partial charge in [0.25, 0.3) is 0 Å². The molecule has 0 atom stereocenters. The number of halogens is 1. The summed E-state index contributed by atoms with van der Waals surface area (Å²) in [6.07, 6.45) is 0.632. The van der Waals surface area contributed by atoms with Crippen molar-refractivity contribution < 1.29 is 17.9 Å². The number of rotatable bonds is 8. The van der Waals surface area contributed by atoms with Crippen LogP contribution in [0.2, 0.25) is 5.02 Å². The van der Waals surface area contributed by atoms with E-state index in [9.17, 15) is 13.2 Å². The van der Waals surface area contributed by atoms with Crippen LogP contribution in [0.4, 0.5) is 0 Å². The molecule has 140 valence electrons. The topological polar surface area (TPSA) is 84.5 Å². The zero-order valence-corrected chi connectivity index (χ0v) is 16.2. The maximum atomic E-state index is 12.3. The first-order valence-corrected chi connectivity index (χ1v) is 9.83. The number of hydrogen-bond donors (Lipinski definition) is 2. The van der Waals surface area contributed by atoms with Gasteiger partial charge < -0.3 is 10.1 Å². The molecule has 0 saturated heterocycles. The molecule has 0 heterocycles. The summed E-state index contributed by atoms with van der Waals surface area (Å²) in [5, 5.41) is 3.33. The minimum atomic E-state index is -3.77. The average Bonchev–Trinajstić information content (AvgIpc) is 2.61.